The Labute approximate surface area is 193 Å². The zero-order valence-corrected chi connectivity index (χ0v) is 19.1. The Hall–Kier alpha value is -3.08. The molecule has 0 radical (unpaired) electrons. The predicted molar refractivity (Wildman–Crippen MR) is 121 cm³/mol. The van der Waals surface area contributed by atoms with Crippen LogP contribution in [0.4, 0.5) is 0 Å². The van der Waals surface area contributed by atoms with Gasteiger partial charge in [0.05, 0.1) is 13.7 Å². The van der Waals surface area contributed by atoms with Gasteiger partial charge in [0.1, 0.15) is 24.0 Å². The Morgan fingerprint density at radius 1 is 1.28 bits per heavy atom. The number of methoxy groups -OCH3 is 1. The van der Waals surface area contributed by atoms with Gasteiger partial charge >= 0.3 is 5.97 Å². The summed E-state index contributed by atoms with van der Waals surface area (Å²) in [6, 6.07) is 8.85. The minimum absolute atomic E-state index is 0. The summed E-state index contributed by atoms with van der Waals surface area (Å²) in [6.45, 7) is 3.27. The highest BCUT2D eigenvalue weighted by molar-refractivity contribution is 5.92. The van der Waals surface area contributed by atoms with E-state index in [0.29, 0.717) is 35.2 Å². The van der Waals surface area contributed by atoms with Gasteiger partial charge in [0.2, 0.25) is 12.5 Å². The van der Waals surface area contributed by atoms with E-state index in [1.807, 2.05) is 19.2 Å². The summed E-state index contributed by atoms with van der Waals surface area (Å²) in [5.74, 6) is 8.45. The van der Waals surface area contributed by atoms with Crippen molar-refractivity contribution in [2.75, 3.05) is 40.7 Å². The molecule has 0 bridgehead atoms. The summed E-state index contributed by atoms with van der Waals surface area (Å²) in [5.41, 5.74) is 2.53. The van der Waals surface area contributed by atoms with Gasteiger partial charge in [-0.2, -0.15) is 0 Å². The summed E-state index contributed by atoms with van der Waals surface area (Å²) in [7, 11) is 3.66. The zero-order valence-electron chi connectivity index (χ0n) is 18.3. The first kappa shape index (κ1) is 23.6. The molecule has 0 saturated heterocycles. The number of benzene rings is 2. The molecule has 4 rings (SSSR count). The van der Waals surface area contributed by atoms with Gasteiger partial charge in [-0.25, -0.2) is 4.79 Å². The van der Waals surface area contributed by atoms with Crippen molar-refractivity contribution in [3.63, 3.8) is 0 Å². The van der Waals surface area contributed by atoms with Crippen molar-refractivity contribution in [2.45, 2.75) is 19.4 Å². The Balaban J connectivity index is 0.00000289. The van der Waals surface area contributed by atoms with E-state index < -0.39 is 5.97 Å². The molecule has 1 unspecified atom stereocenters. The first-order valence-electron chi connectivity index (χ1n) is 10.2. The second kappa shape index (κ2) is 10.5. The van der Waals surface area contributed by atoms with Crippen LogP contribution >= 0.6 is 12.4 Å². The molecular weight excluding hydrogens is 434 g/mol. The van der Waals surface area contributed by atoms with E-state index in [4.69, 9.17) is 23.7 Å². The molecule has 0 aliphatic carbocycles. The van der Waals surface area contributed by atoms with Crippen LogP contribution in [-0.4, -0.2) is 51.6 Å². The fraction of sp³-hybridized carbons (Fsp3) is 0.375. The number of hydrogen-bond donors (Lipinski definition) is 0. The lowest BCUT2D eigenvalue weighted by atomic mass is 9.91. The molecule has 0 fully saturated rings. The quantitative estimate of drug-likeness (QED) is 0.499. The van der Waals surface area contributed by atoms with E-state index in [9.17, 15) is 4.79 Å². The molecule has 0 spiro atoms. The molecule has 7 nitrogen and oxygen atoms in total. The normalized spacial score (nSPS) is 16.2. The highest BCUT2D eigenvalue weighted by atomic mass is 35.5. The van der Waals surface area contributed by atoms with Crippen LogP contribution in [0.5, 0.6) is 23.0 Å². The van der Waals surface area contributed by atoms with Gasteiger partial charge in [-0.05, 0) is 44.2 Å². The first-order chi connectivity index (χ1) is 15.1. The average molecular weight is 460 g/mol. The van der Waals surface area contributed by atoms with Gasteiger partial charge in [-0.15, -0.1) is 12.4 Å². The number of ether oxygens (including phenoxy) is 5. The summed E-state index contributed by atoms with van der Waals surface area (Å²) in [5, 5.41) is 0. The van der Waals surface area contributed by atoms with Crippen LogP contribution in [0.2, 0.25) is 0 Å². The SMILES string of the molecule is CCOC(=O)c1ccccc1OCC#CC1c2c(cc3c(c2OC)OCO3)CCN1C.Cl. The van der Waals surface area contributed by atoms with E-state index >= 15 is 0 Å². The van der Waals surface area contributed by atoms with Crippen molar-refractivity contribution in [2.24, 2.45) is 0 Å². The lowest BCUT2D eigenvalue weighted by molar-refractivity contribution is 0.0522. The van der Waals surface area contributed by atoms with Crippen LogP contribution in [0, 0.1) is 11.8 Å². The third-order valence-corrected chi connectivity index (χ3v) is 5.32. The molecule has 2 aliphatic heterocycles. The highest BCUT2D eigenvalue weighted by Crippen LogP contribution is 2.49. The Morgan fingerprint density at radius 3 is 2.88 bits per heavy atom. The van der Waals surface area contributed by atoms with Crippen molar-refractivity contribution in [1.29, 1.82) is 0 Å². The van der Waals surface area contributed by atoms with Gasteiger partial charge in [-0.1, -0.05) is 24.0 Å². The van der Waals surface area contributed by atoms with Crippen LogP contribution in [0.15, 0.2) is 30.3 Å². The van der Waals surface area contributed by atoms with Crippen LogP contribution in [0.1, 0.15) is 34.5 Å². The third-order valence-electron chi connectivity index (χ3n) is 5.32. The number of fused-ring (bicyclic) bond motifs is 2. The summed E-state index contributed by atoms with van der Waals surface area (Å²) >= 11 is 0. The number of hydrogen-bond acceptors (Lipinski definition) is 7. The lowest BCUT2D eigenvalue weighted by Gasteiger charge is -2.32. The minimum Gasteiger partial charge on any atom is -0.492 e. The van der Waals surface area contributed by atoms with Crippen LogP contribution in [0.25, 0.3) is 0 Å². The lowest BCUT2D eigenvalue weighted by Crippen LogP contribution is -2.31. The number of para-hydroxylation sites is 1. The second-order valence-electron chi connectivity index (χ2n) is 7.18. The minimum atomic E-state index is -0.409. The van der Waals surface area contributed by atoms with Gasteiger partial charge in [0, 0.05) is 12.1 Å². The fourth-order valence-corrected chi connectivity index (χ4v) is 3.84. The summed E-state index contributed by atoms with van der Waals surface area (Å²) < 4.78 is 27.7. The third kappa shape index (κ3) is 4.57. The number of nitrogens with zero attached hydrogens (tertiary/aromatic N) is 1. The van der Waals surface area contributed by atoms with Crippen molar-refractivity contribution in [3.8, 4) is 34.8 Å². The Bertz CT molecular complexity index is 1040. The monoisotopic (exact) mass is 459 g/mol. The summed E-state index contributed by atoms with van der Waals surface area (Å²) in [4.78, 5) is 14.3. The van der Waals surface area contributed by atoms with E-state index in [2.05, 4.69) is 16.7 Å². The van der Waals surface area contributed by atoms with Crippen molar-refractivity contribution < 1.29 is 28.5 Å². The molecule has 2 aromatic rings. The topological polar surface area (TPSA) is 66.5 Å². The van der Waals surface area contributed by atoms with Gasteiger partial charge in [-0.3, -0.25) is 4.90 Å². The van der Waals surface area contributed by atoms with Crippen LogP contribution in [0.3, 0.4) is 0 Å². The van der Waals surface area contributed by atoms with Crippen LogP contribution < -0.4 is 18.9 Å². The standard InChI is InChI=1S/C24H25NO6.ClH/c1-4-28-24(26)17-8-5-6-10-19(17)29-13-7-9-18-21-16(11-12-25(18)2)14-20-22(23(21)27-3)31-15-30-20;/h5-6,8,10,14,18H,4,11-13,15H2,1-3H3;1H. The number of rotatable bonds is 5. The van der Waals surface area contributed by atoms with Crippen molar-refractivity contribution in [3.05, 3.63) is 47.0 Å². The van der Waals surface area contributed by atoms with E-state index in [-0.39, 0.29) is 31.8 Å². The maximum atomic E-state index is 12.1. The van der Waals surface area contributed by atoms with E-state index in [0.717, 1.165) is 24.1 Å². The molecule has 0 amide bonds. The molecule has 0 saturated carbocycles. The van der Waals surface area contributed by atoms with Crippen molar-refractivity contribution in [1.82, 2.24) is 4.90 Å². The second-order valence-corrected chi connectivity index (χ2v) is 7.18. The molecule has 32 heavy (non-hydrogen) atoms. The number of carbonyl (C=O) groups excluding carboxylic acids is 1. The van der Waals surface area contributed by atoms with Crippen LogP contribution in [-0.2, 0) is 11.2 Å². The summed E-state index contributed by atoms with van der Waals surface area (Å²) in [6.07, 6.45) is 0.875. The molecule has 1 atom stereocenters. The maximum Gasteiger partial charge on any atom is 0.341 e. The van der Waals surface area contributed by atoms with Crippen molar-refractivity contribution >= 4 is 18.4 Å². The molecular formula is C24H26ClNO6. The number of likely N-dealkylation sites (N-methyl/N-ethyl adjacent to an activating group) is 1. The Kier molecular flexibility index (Phi) is 7.73. The average Bonchev–Trinajstić information content (AvgIpc) is 3.25. The fourth-order valence-electron chi connectivity index (χ4n) is 3.84. The number of esters is 1. The molecule has 170 valence electrons. The smallest absolute Gasteiger partial charge is 0.341 e. The largest absolute Gasteiger partial charge is 0.492 e. The zero-order chi connectivity index (χ0) is 21.8. The molecule has 8 heteroatoms. The molecule has 0 N–H and O–H groups in total. The molecule has 2 aromatic carbocycles. The highest BCUT2D eigenvalue weighted by Gasteiger charge is 2.33. The molecule has 0 aromatic heterocycles. The number of halogens is 1. The first-order valence-corrected chi connectivity index (χ1v) is 10.2. The predicted octanol–water partition coefficient (Wildman–Crippen LogP) is 3.63. The molecule has 2 heterocycles. The number of carbonyl (C=O) groups is 1. The van der Waals surface area contributed by atoms with Gasteiger partial charge in [0.25, 0.3) is 0 Å². The Morgan fingerprint density at radius 2 is 2.09 bits per heavy atom. The van der Waals surface area contributed by atoms with E-state index in [1.165, 1.54) is 0 Å². The molecule has 2 aliphatic rings. The van der Waals surface area contributed by atoms with Gasteiger partial charge < -0.3 is 23.7 Å². The van der Waals surface area contributed by atoms with E-state index in [1.54, 1.807) is 32.2 Å². The van der Waals surface area contributed by atoms with Gasteiger partial charge in [0.15, 0.2) is 11.5 Å². The maximum absolute atomic E-state index is 12.1.